The number of Topliss-reactive ketones (excluding diaryl/α,β-unsaturated/α-hetero) is 1. The standard InChI is InChI=1S/C22H21NO3S/c1-14-9-11-18(12-10-14)27(25,26)23-20(17-7-5-4-6-8-17)13-19-15(2)16(3)22(24)21(19)23/h4-13,15-16H,1-3H3/t15-,16-/m0/s1. The van der Waals surface area contributed by atoms with Gasteiger partial charge in [0.2, 0.25) is 0 Å². The minimum atomic E-state index is -3.90. The number of carbonyl (C=O) groups is 1. The molecule has 1 aromatic heterocycles. The molecule has 0 N–H and O–H groups in total. The van der Waals surface area contributed by atoms with Crippen molar-refractivity contribution < 1.29 is 13.2 Å². The fraction of sp³-hybridized carbons (Fsp3) is 0.227. The van der Waals surface area contributed by atoms with E-state index in [1.807, 2.05) is 57.2 Å². The molecule has 2 aromatic carbocycles. The van der Waals surface area contributed by atoms with Crippen LogP contribution in [0.2, 0.25) is 0 Å². The summed E-state index contributed by atoms with van der Waals surface area (Å²) in [6.45, 7) is 5.75. The Kier molecular flexibility index (Phi) is 4.07. The minimum absolute atomic E-state index is 0.00979. The minimum Gasteiger partial charge on any atom is -0.292 e. The maximum Gasteiger partial charge on any atom is 0.268 e. The largest absolute Gasteiger partial charge is 0.292 e. The van der Waals surface area contributed by atoms with Crippen LogP contribution in [-0.2, 0) is 10.0 Å². The average molecular weight is 379 g/mol. The average Bonchev–Trinajstić information content (AvgIpc) is 3.16. The van der Waals surface area contributed by atoms with Gasteiger partial charge in [0.1, 0.15) is 5.69 Å². The Labute approximate surface area is 159 Å². The van der Waals surface area contributed by atoms with Crippen molar-refractivity contribution in [2.45, 2.75) is 31.6 Å². The fourth-order valence-electron chi connectivity index (χ4n) is 3.69. The van der Waals surface area contributed by atoms with Crippen molar-refractivity contribution in [3.63, 3.8) is 0 Å². The Morgan fingerprint density at radius 3 is 2.15 bits per heavy atom. The quantitative estimate of drug-likeness (QED) is 0.666. The summed E-state index contributed by atoms with van der Waals surface area (Å²) in [5.74, 6) is -0.348. The van der Waals surface area contributed by atoms with Gasteiger partial charge >= 0.3 is 0 Å². The third kappa shape index (κ3) is 2.65. The van der Waals surface area contributed by atoms with Crippen molar-refractivity contribution in [2.75, 3.05) is 0 Å². The van der Waals surface area contributed by atoms with Crippen LogP contribution in [0.4, 0.5) is 0 Å². The number of fused-ring (bicyclic) bond motifs is 1. The van der Waals surface area contributed by atoms with Crippen LogP contribution in [0.15, 0.2) is 65.6 Å². The molecule has 0 fully saturated rings. The summed E-state index contributed by atoms with van der Waals surface area (Å²) in [4.78, 5) is 13.1. The molecule has 1 aliphatic rings. The fourth-order valence-corrected chi connectivity index (χ4v) is 5.23. The maximum atomic E-state index is 13.5. The van der Waals surface area contributed by atoms with Gasteiger partial charge in [-0.15, -0.1) is 0 Å². The number of ketones is 1. The second-order valence-electron chi connectivity index (χ2n) is 7.22. The lowest BCUT2D eigenvalue weighted by Crippen LogP contribution is -2.20. The number of aromatic nitrogens is 1. The Balaban J connectivity index is 2.03. The molecule has 4 rings (SSSR count). The summed E-state index contributed by atoms with van der Waals surface area (Å²) in [5.41, 5.74) is 3.40. The summed E-state index contributed by atoms with van der Waals surface area (Å²) >= 11 is 0. The van der Waals surface area contributed by atoms with Crippen LogP contribution >= 0.6 is 0 Å². The van der Waals surface area contributed by atoms with Crippen LogP contribution < -0.4 is 0 Å². The normalized spacial score (nSPS) is 19.3. The zero-order valence-electron chi connectivity index (χ0n) is 15.5. The van der Waals surface area contributed by atoms with Crippen molar-refractivity contribution in [1.29, 1.82) is 0 Å². The van der Waals surface area contributed by atoms with E-state index in [1.54, 1.807) is 24.3 Å². The molecule has 2 atom stereocenters. The molecular weight excluding hydrogens is 358 g/mol. The smallest absolute Gasteiger partial charge is 0.268 e. The highest BCUT2D eigenvalue weighted by atomic mass is 32.2. The van der Waals surface area contributed by atoms with Gasteiger partial charge in [0.05, 0.1) is 10.6 Å². The monoisotopic (exact) mass is 379 g/mol. The van der Waals surface area contributed by atoms with Crippen LogP contribution in [-0.4, -0.2) is 18.2 Å². The van der Waals surface area contributed by atoms with Crippen molar-refractivity contribution in [3.8, 4) is 11.3 Å². The number of hydrogen-bond donors (Lipinski definition) is 0. The van der Waals surface area contributed by atoms with E-state index >= 15 is 0 Å². The molecule has 3 aromatic rings. The van der Waals surface area contributed by atoms with Gasteiger partial charge < -0.3 is 0 Å². The molecule has 27 heavy (non-hydrogen) atoms. The summed E-state index contributed by atoms with van der Waals surface area (Å²) in [6, 6.07) is 17.9. The van der Waals surface area contributed by atoms with E-state index in [4.69, 9.17) is 0 Å². The van der Waals surface area contributed by atoms with Gasteiger partial charge in [-0.25, -0.2) is 12.4 Å². The van der Waals surface area contributed by atoms with E-state index < -0.39 is 10.0 Å². The lowest BCUT2D eigenvalue weighted by atomic mass is 9.96. The molecule has 0 spiro atoms. The highest BCUT2D eigenvalue weighted by Crippen LogP contribution is 2.43. The van der Waals surface area contributed by atoms with E-state index in [9.17, 15) is 13.2 Å². The van der Waals surface area contributed by atoms with Crippen LogP contribution in [0.1, 0.15) is 41.4 Å². The molecule has 138 valence electrons. The molecule has 4 nitrogen and oxygen atoms in total. The zero-order valence-corrected chi connectivity index (χ0v) is 16.3. The molecule has 0 saturated heterocycles. The van der Waals surface area contributed by atoms with E-state index in [0.717, 1.165) is 16.7 Å². The van der Waals surface area contributed by atoms with E-state index in [1.165, 1.54) is 3.97 Å². The first-order valence-electron chi connectivity index (χ1n) is 9.00. The second-order valence-corrected chi connectivity index (χ2v) is 9.01. The first-order valence-corrected chi connectivity index (χ1v) is 10.4. The van der Waals surface area contributed by atoms with Crippen LogP contribution in [0.5, 0.6) is 0 Å². The molecule has 0 amide bonds. The Morgan fingerprint density at radius 2 is 1.52 bits per heavy atom. The number of carbonyl (C=O) groups excluding carboxylic acids is 1. The van der Waals surface area contributed by atoms with Crippen molar-refractivity contribution in [2.24, 2.45) is 5.92 Å². The van der Waals surface area contributed by atoms with Crippen molar-refractivity contribution in [1.82, 2.24) is 3.97 Å². The van der Waals surface area contributed by atoms with Gasteiger partial charge in [-0.2, -0.15) is 0 Å². The SMILES string of the molecule is Cc1ccc(S(=O)(=O)n2c(-c3ccccc3)cc3c2C(=O)[C@@H](C)[C@@H]3C)cc1. The van der Waals surface area contributed by atoms with Crippen molar-refractivity contribution >= 4 is 15.8 Å². The first-order chi connectivity index (χ1) is 12.8. The number of nitrogens with zero attached hydrogens (tertiary/aromatic N) is 1. The van der Waals surface area contributed by atoms with Crippen LogP contribution in [0, 0.1) is 12.8 Å². The van der Waals surface area contributed by atoms with Gasteiger partial charge in [0.25, 0.3) is 10.0 Å². The van der Waals surface area contributed by atoms with E-state index in [0.29, 0.717) is 11.4 Å². The molecule has 0 saturated carbocycles. The molecule has 1 heterocycles. The lowest BCUT2D eigenvalue weighted by Gasteiger charge is -2.14. The molecular formula is C22H21NO3S. The summed E-state index contributed by atoms with van der Waals surface area (Å²) in [6.07, 6.45) is 0. The third-order valence-electron chi connectivity index (χ3n) is 5.50. The highest BCUT2D eigenvalue weighted by Gasteiger charge is 2.41. The second kappa shape index (κ2) is 6.20. The molecule has 5 heteroatoms. The highest BCUT2D eigenvalue weighted by molar-refractivity contribution is 7.90. The number of hydrogen-bond acceptors (Lipinski definition) is 3. The topological polar surface area (TPSA) is 56.1 Å². The molecule has 0 radical (unpaired) electrons. The predicted octanol–water partition coefficient (Wildman–Crippen LogP) is 4.64. The summed E-state index contributed by atoms with van der Waals surface area (Å²) in [7, 11) is -3.90. The first kappa shape index (κ1) is 17.7. The molecule has 1 aliphatic carbocycles. The molecule has 0 aliphatic heterocycles. The maximum absolute atomic E-state index is 13.5. The Morgan fingerprint density at radius 1 is 0.889 bits per heavy atom. The van der Waals surface area contributed by atoms with Crippen LogP contribution in [0.25, 0.3) is 11.3 Å². The Bertz CT molecular complexity index is 1130. The van der Waals surface area contributed by atoms with Gasteiger partial charge in [0.15, 0.2) is 5.78 Å². The third-order valence-corrected chi connectivity index (χ3v) is 7.23. The van der Waals surface area contributed by atoms with Gasteiger partial charge in [-0.1, -0.05) is 61.9 Å². The summed E-state index contributed by atoms with van der Waals surface area (Å²) in [5, 5.41) is 0. The van der Waals surface area contributed by atoms with Crippen molar-refractivity contribution in [3.05, 3.63) is 77.5 Å². The molecule has 0 unspecified atom stereocenters. The van der Waals surface area contributed by atoms with E-state index in [2.05, 4.69) is 0 Å². The molecule has 0 bridgehead atoms. The number of aryl methyl sites for hydroxylation is 1. The summed E-state index contributed by atoms with van der Waals surface area (Å²) < 4.78 is 28.3. The number of benzene rings is 2. The Hall–Kier alpha value is -2.66. The van der Waals surface area contributed by atoms with Gasteiger partial charge in [-0.3, -0.25) is 4.79 Å². The van der Waals surface area contributed by atoms with Gasteiger partial charge in [-0.05, 0) is 42.2 Å². The van der Waals surface area contributed by atoms with Crippen LogP contribution in [0.3, 0.4) is 0 Å². The lowest BCUT2D eigenvalue weighted by molar-refractivity contribution is 0.0931. The number of rotatable bonds is 3. The van der Waals surface area contributed by atoms with E-state index in [-0.39, 0.29) is 22.5 Å². The van der Waals surface area contributed by atoms with Gasteiger partial charge in [0, 0.05) is 5.92 Å². The predicted molar refractivity (Wildman–Crippen MR) is 106 cm³/mol. The zero-order chi connectivity index (χ0) is 19.3.